The highest BCUT2D eigenvalue weighted by molar-refractivity contribution is 7.33. The second kappa shape index (κ2) is 11.1. The molecule has 0 unspecified atom stereocenters. The standard InChI is InChI=1S/C45H22N4S2/c46-23-26-5-3-6-28(19-26)29-12-17-41-37(21-29)34-14-15-35-38-22-30(13-18-42(38)51-45(35)44(34)50-41)32-9-4-7-31(25-48)43(32)49-39-10-2-1-8-33(39)36-20-27(24-47)11-16-40(36)49/h1-22H. The van der Waals surface area contributed by atoms with Gasteiger partial charge in [0.25, 0.3) is 0 Å². The van der Waals surface area contributed by atoms with Crippen LogP contribution in [0, 0.1) is 34.0 Å². The lowest BCUT2D eigenvalue weighted by atomic mass is 9.98. The summed E-state index contributed by atoms with van der Waals surface area (Å²) < 4.78 is 7.19. The van der Waals surface area contributed by atoms with E-state index in [1.54, 1.807) is 0 Å². The number of hydrogen-bond donors (Lipinski definition) is 0. The molecule has 0 saturated carbocycles. The number of aromatic nitrogens is 1. The summed E-state index contributed by atoms with van der Waals surface area (Å²) in [5.74, 6) is 0. The molecule has 0 aliphatic heterocycles. The summed E-state index contributed by atoms with van der Waals surface area (Å²) >= 11 is 3.65. The Balaban J connectivity index is 1.17. The van der Waals surface area contributed by atoms with Crippen molar-refractivity contribution >= 4 is 84.8 Å². The average Bonchev–Trinajstić information content (AvgIpc) is 3.86. The van der Waals surface area contributed by atoms with Gasteiger partial charge in [0, 0.05) is 47.3 Å². The van der Waals surface area contributed by atoms with Gasteiger partial charge in [-0.05, 0) is 83.4 Å². The van der Waals surface area contributed by atoms with E-state index in [1.165, 1.54) is 40.3 Å². The molecule has 0 radical (unpaired) electrons. The Morgan fingerprint density at radius 1 is 0.431 bits per heavy atom. The van der Waals surface area contributed by atoms with Gasteiger partial charge in [-0.2, -0.15) is 15.8 Å². The quantitative estimate of drug-likeness (QED) is 0.186. The predicted molar refractivity (Wildman–Crippen MR) is 212 cm³/mol. The zero-order valence-corrected chi connectivity index (χ0v) is 28.4. The Morgan fingerprint density at radius 2 is 1.08 bits per heavy atom. The van der Waals surface area contributed by atoms with Crippen LogP contribution >= 0.6 is 22.7 Å². The largest absolute Gasteiger partial charge is 0.307 e. The molecular formula is C45H22N4S2. The number of nitriles is 3. The molecule has 0 N–H and O–H groups in total. The zero-order valence-electron chi connectivity index (χ0n) is 26.8. The zero-order chi connectivity index (χ0) is 34.2. The third kappa shape index (κ3) is 4.34. The molecule has 4 nitrogen and oxygen atoms in total. The maximum absolute atomic E-state index is 10.4. The molecular weight excluding hydrogens is 661 g/mol. The minimum atomic E-state index is 0.584. The van der Waals surface area contributed by atoms with Gasteiger partial charge in [0.15, 0.2) is 0 Å². The second-order valence-electron chi connectivity index (χ2n) is 12.6. The Labute approximate surface area is 300 Å². The first-order valence-electron chi connectivity index (χ1n) is 16.4. The van der Waals surface area contributed by atoms with E-state index < -0.39 is 0 Å². The molecule has 0 atom stereocenters. The lowest BCUT2D eigenvalue weighted by Crippen LogP contribution is -2.00. The van der Waals surface area contributed by atoms with E-state index in [2.05, 4.69) is 95.6 Å². The SMILES string of the molecule is N#Cc1cccc(-c2ccc3sc4c(ccc5c6cc(-c7cccc(C#N)c7-n7c8ccccc8c8cc(C#N)ccc87)ccc6sc54)c3c2)c1. The molecule has 0 aliphatic rings. The van der Waals surface area contributed by atoms with Crippen molar-refractivity contribution in [2.24, 2.45) is 0 Å². The predicted octanol–water partition coefficient (Wildman–Crippen LogP) is 12.5. The number of fused-ring (bicyclic) bond motifs is 10. The van der Waals surface area contributed by atoms with Gasteiger partial charge >= 0.3 is 0 Å². The summed E-state index contributed by atoms with van der Waals surface area (Å²) in [4.78, 5) is 0. The van der Waals surface area contributed by atoms with Crippen LogP contribution in [0.1, 0.15) is 16.7 Å². The van der Waals surface area contributed by atoms with E-state index in [0.717, 1.165) is 49.7 Å². The molecule has 234 valence electrons. The molecule has 3 aromatic heterocycles. The summed E-state index contributed by atoms with van der Waals surface area (Å²) in [6, 6.07) is 52.5. The minimum absolute atomic E-state index is 0.584. The first-order chi connectivity index (χ1) is 25.1. The van der Waals surface area contributed by atoms with Crippen LogP contribution < -0.4 is 0 Å². The summed E-state index contributed by atoms with van der Waals surface area (Å²) in [5.41, 5.74) is 8.77. The van der Waals surface area contributed by atoms with E-state index >= 15 is 0 Å². The second-order valence-corrected chi connectivity index (χ2v) is 14.8. The number of para-hydroxylation sites is 2. The van der Waals surface area contributed by atoms with Crippen molar-refractivity contribution in [3.05, 3.63) is 150 Å². The van der Waals surface area contributed by atoms with E-state index in [0.29, 0.717) is 16.7 Å². The monoisotopic (exact) mass is 682 g/mol. The van der Waals surface area contributed by atoms with Crippen LogP contribution in [0.2, 0.25) is 0 Å². The van der Waals surface area contributed by atoms with Crippen LogP contribution in [0.5, 0.6) is 0 Å². The van der Waals surface area contributed by atoms with Crippen molar-refractivity contribution in [1.29, 1.82) is 15.8 Å². The number of rotatable bonds is 3. The van der Waals surface area contributed by atoms with Gasteiger partial charge in [0.05, 0.1) is 54.9 Å². The molecule has 0 fully saturated rings. The van der Waals surface area contributed by atoms with Crippen molar-refractivity contribution in [1.82, 2.24) is 4.57 Å². The number of thiophene rings is 2. The summed E-state index contributed by atoms with van der Waals surface area (Å²) in [6.45, 7) is 0. The molecule has 0 amide bonds. The Hall–Kier alpha value is -6.75. The molecule has 0 bridgehead atoms. The minimum Gasteiger partial charge on any atom is -0.307 e. The highest BCUT2D eigenvalue weighted by Gasteiger charge is 2.20. The molecule has 0 spiro atoms. The molecule has 51 heavy (non-hydrogen) atoms. The number of nitrogens with zero attached hydrogens (tertiary/aromatic N) is 4. The van der Waals surface area contributed by atoms with Gasteiger partial charge in [0.1, 0.15) is 6.07 Å². The third-order valence-electron chi connectivity index (χ3n) is 9.89. The van der Waals surface area contributed by atoms with Gasteiger partial charge in [0.2, 0.25) is 0 Å². The van der Waals surface area contributed by atoms with Crippen molar-refractivity contribution in [2.45, 2.75) is 0 Å². The number of benzene rings is 7. The van der Waals surface area contributed by atoms with Crippen LogP contribution in [-0.2, 0) is 0 Å². The van der Waals surface area contributed by atoms with E-state index in [1.807, 2.05) is 83.3 Å². The average molecular weight is 683 g/mol. The van der Waals surface area contributed by atoms with Crippen LogP contribution in [0.4, 0.5) is 0 Å². The van der Waals surface area contributed by atoms with E-state index in [4.69, 9.17) is 0 Å². The van der Waals surface area contributed by atoms with Gasteiger partial charge in [-0.3, -0.25) is 0 Å². The molecule has 7 aromatic carbocycles. The Kier molecular flexibility index (Phi) is 6.38. The highest BCUT2D eigenvalue weighted by atomic mass is 32.1. The highest BCUT2D eigenvalue weighted by Crippen LogP contribution is 2.46. The van der Waals surface area contributed by atoms with Gasteiger partial charge in [-0.15, -0.1) is 22.7 Å². The van der Waals surface area contributed by atoms with Crippen LogP contribution in [0.3, 0.4) is 0 Å². The van der Waals surface area contributed by atoms with Crippen molar-refractivity contribution < 1.29 is 0 Å². The molecule has 0 saturated heterocycles. The normalized spacial score (nSPS) is 11.5. The van der Waals surface area contributed by atoms with Gasteiger partial charge in [-0.1, -0.05) is 66.7 Å². The van der Waals surface area contributed by atoms with Crippen LogP contribution in [0.15, 0.2) is 133 Å². The van der Waals surface area contributed by atoms with E-state index in [9.17, 15) is 15.8 Å². The third-order valence-corrected chi connectivity index (χ3v) is 12.4. The van der Waals surface area contributed by atoms with Crippen molar-refractivity contribution in [3.63, 3.8) is 0 Å². The molecule has 10 rings (SSSR count). The van der Waals surface area contributed by atoms with E-state index in [-0.39, 0.29) is 0 Å². The fourth-order valence-electron chi connectivity index (χ4n) is 7.57. The lowest BCUT2D eigenvalue weighted by molar-refractivity contribution is 1.17. The summed E-state index contributed by atoms with van der Waals surface area (Å²) in [7, 11) is 0. The van der Waals surface area contributed by atoms with Crippen LogP contribution in [0.25, 0.3) is 90.1 Å². The molecule has 6 heteroatoms. The fraction of sp³-hybridized carbons (Fsp3) is 0. The molecule has 10 aromatic rings. The maximum Gasteiger partial charge on any atom is 0.101 e. The smallest absolute Gasteiger partial charge is 0.101 e. The molecule has 0 aliphatic carbocycles. The lowest BCUT2D eigenvalue weighted by Gasteiger charge is -2.16. The first kappa shape index (κ1) is 29.2. The van der Waals surface area contributed by atoms with Gasteiger partial charge in [-0.25, -0.2) is 0 Å². The maximum atomic E-state index is 10.4. The van der Waals surface area contributed by atoms with Crippen LogP contribution in [-0.4, -0.2) is 4.57 Å². The fourth-order valence-corrected chi connectivity index (χ4v) is 10.1. The summed E-state index contributed by atoms with van der Waals surface area (Å²) in [6.07, 6.45) is 0. The van der Waals surface area contributed by atoms with Gasteiger partial charge < -0.3 is 4.57 Å². The number of hydrogen-bond acceptors (Lipinski definition) is 5. The first-order valence-corrected chi connectivity index (χ1v) is 18.1. The Morgan fingerprint density at radius 3 is 1.82 bits per heavy atom. The Bertz CT molecular complexity index is 3250. The topological polar surface area (TPSA) is 76.3 Å². The molecule has 3 heterocycles. The van der Waals surface area contributed by atoms with Crippen molar-refractivity contribution in [2.75, 3.05) is 0 Å². The van der Waals surface area contributed by atoms with Crippen molar-refractivity contribution in [3.8, 4) is 46.1 Å². The summed E-state index contributed by atoms with van der Waals surface area (Å²) in [5, 5.41) is 36.4.